The van der Waals surface area contributed by atoms with E-state index >= 15 is 0 Å². The molecule has 3 rings (SSSR count). The van der Waals surface area contributed by atoms with Gasteiger partial charge in [0.2, 0.25) is 11.0 Å². The Morgan fingerprint density at radius 1 is 1.42 bits per heavy atom. The standard InChI is InChI=1S/C13H14N4OS/c1-8-16-17-13(19-8)15-12(18)10-6-7-14-11-5-3-2-4-9(10)11/h2-5,10,14H,6-7H2,1H3,(H,15,17,18). The van der Waals surface area contributed by atoms with E-state index in [0.29, 0.717) is 5.13 Å². The zero-order valence-electron chi connectivity index (χ0n) is 10.5. The van der Waals surface area contributed by atoms with Crippen LogP contribution in [0.3, 0.4) is 0 Å². The van der Waals surface area contributed by atoms with E-state index in [1.807, 2.05) is 31.2 Å². The fourth-order valence-corrected chi connectivity index (χ4v) is 2.88. The summed E-state index contributed by atoms with van der Waals surface area (Å²) in [6, 6.07) is 7.93. The average molecular weight is 274 g/mol. The van der Waals surface area contributed by atoms with Gasteiger partial charge in [-0.25, -0.2) is 0 Å². The van der Waals surface area contributed by atoms with Crippen molar-refractivity contribution >= 4 is 28.1 Å². The van der Waals surface area contributed by atoms with Gasteiger partial charge in [-0.15, -0.1) is 10.2 Å². The smallest absolute Gasteiger partial charge is 0.233 e. The maximum atomic E-state index is 12.3. The molecular formula is C13H14N4OS. The predicted octanol–water partition coefficient (Wildman–Crippen LogP) is 2.38. The first-order valence-corrected chi connectivity index (χ1v) is 6.99. The molecule has 0 bridgehead atoms. The van der Waals surface area contributed by atoms with Crippen molar-refractivity contribution in [2.24, 2.45) is 0 Å². The van der Waals surface area contributed by atoms with E-state index in [9.17, 15) is 4.79 Å². The lowest BCUT2D eigenvalue weighted by molar-refractivity contribution is -0.117. The molecule has 19 heavy (non-hydrogen) atoms. The maximum Gasteiger partial charge on any atom is 0.233 e. The number of nitrogens with one attached hydrogen (secondary N) is 2. The summed E-state index contributed by atoms with van der Waals surface area (Å²) in [6.07, 6.45) is 0.792. The molecule has 5 nitrogen and oxygen atoms in total. The Labute approximate surface area is 115 Å². The normalized spacial score (nSPS) is 17.4. The topological polar surface area (TPSA) is 66.9 Å². The van der Waals surface area contributed by atoms with Crippen LogP contribution in [0.5, 0.6) is 0 Å². The zero-order chi connectivity index (χ0) is 13.2. The van der Waals surface area contributed by atoms with Crippen molar-refractivity contribution in [3.05, 3.63) is 34.8 Å². The molecule has 2 heterocycles. The molecule has 2 aromatic rings. The fraction of sp³-hybridized carbons (Fsp3) is 0.308. The summed E-state index contributed by atoms with van der Waals surface area (Å²) in [6.45, 7) is 2.68. The third-order valence-corrected chi connectivity index (χ3v) is 3.91. The molecule has 1 amide bonds. The fourth-order valence-electron chi connectivity index (χ4n) is 2.28. The molecule has 1 aromatic carbocycles. The second kappa shape index (κ2) is 4.97. The summed E-state index contributed by atoms with van der Waals surface area (Å²) in [4.78, 5) is 12.3. The van der Waals surface area contributed by atoms with Crippen molar-refractivity contribution in [1.82, 2.24) is 10.2 Å². The van der Waals surface area contributed by atoms with Gasteiger partial charge in [-0.2, -0.15) is 0 Å². The predicted molar refractivity (Wildman–Crippen MR) is 75.6 cm³/mol. The van der Waals surface area contributed by atoms with E-state index in [4.69, 9.17) is 0 Å². The van der Waals surface area contributed by atoms with Gasteiger partial charge in [0.25, 0.3) is 0 Å². The summed E-state index contributed by atoms with van der Waals surface area (Å²) in [7, 11) is 0. The van der Waals surface area contributed by atoms with Gasteiger partial charge in [0.05, 0.1) is 5.92 Å². The number of para-hydroxylation sites is 1. The second-order valence-electron chi connectivity index (χ2n) is 4.47. The molecule has 1 aromatic heterocycles. The number of benzene rings is 1. The van der Waals surface area contributed by atoms with Crippen LogP contribution in [-0.2, 0) is 4.79 Å². The van der Waals surface area contributed by atoms with Gasteiger partial charge in [-0.3, -0.25) is 10.1 Å². The number of carbonyl (C=O) groups is 1. The van der Waals surface area contributed by atoms with Gasteiger partial charge in [0.1, 0.15) is 5.01 Å². The number of aromatic nitrogens is 2. The number of amides is 1. The van der Waals surface area contributed by atoms with Crippen LogP contribution >= 0.6 is 11.3 Å². The second-order valence-corrected chi connectivity index (χ2v) is 5.65. The van der Waals surface area contributed by atoms with Crippen LogP contribution in [0.15, 0.2) is 24.3 Å². The van der Waals surface area contributed by atoms with E-state index in [1.165, 1.54) is 11.3 Å². The van der Waals surface area contributed by atoms with E-state index in [2.05, 4.69) is 20.8 Å². The number of fused-ring (bicyclic) bond motifs is 1. The van der Waals surface area contributed by atoms with Crippen LogP contribution < -0.4 is 10.6 Å². The van der Waals surface area contributed by atoms with Crippen LogP contribution in [0.4, 0.5) is 10.8 Å². The molecule has 0 aliphatic carbocycles. The summed E-state index contributed by atoms with van der Waals surface area (Å²) in [5.41, 5.74) is 2.09. The van der Waals surface area contributed by atoms with Crippen molar-refractivity contribution in [3.8, 4) is 0 Å². The van der Waals surface area contributed by atoms with Gasteiger partial charge in [-0.05, 0) is 25.0 Å². The number of nitrogens with zero attached hydrogens (tertiary/aromatic N) is 2. The highest BCUT2D eigenvalue weighted by atomic mass is 32.1. The Hall–Kier alpha value is -1.95. The molecule has 0 saturated heterocycles. The summed E-state index contributed by atoms with van der Waals surface area (Å²) in [5.74, 6) is -0.133. The summed E-state index contributed by atoms with van der Waals surface area (Å²) >= 11 is 1.39. The molecule has 0 saturated carbocycles. The number of hydrogen-bond acceptors (Lipinski definition) is 5. The van der Waals surface area contributed by atoms with Crippen LogP contribution in [0, 0.1) is 6.92 Å². The number of hydrogen-bond donors (Lipinski definition) is 2. The Kier molecular flexibility index (Phi) is 3.16. The van der Waals surface area contributed by atoms with Crippen molar-refractivity contribution in [2.75, 3.05) is 17.2 Å². The van der Waals surface area contributed by atoms with Gasteiger partial charge in [0, 0.05) is 12.2 Å². The van der Waals surface area contributed by atoms with Crippen molar-refractivity contribution in [2.45, 2.75) is 19.3 Å². The quantitative estimate of drug-likeness (QED) is 0.882. The van der Waals surface area contributed by atoms with Gasteiger partial charge >= 0.3 is 0 Å². The molecule has 98 valence electrons. The first-order valence-electron chi connectivity index (χ1n) is 6.18. The lowest BCUT2D eigenvalue weighted by Crippen LogP contribution is -2.27. The minimum absolute atomic E-state index is 0.00917. The van der Waals surface area contributed by atoms with Crippen LogP contribution in [0.1, 0.15) is 22.9 Å². The first-order chi connectivity index (χ1) is 9.24. The summed E-state index contributed by atoms with van der Waals surface area (Å²) < 4.78 is 0. The first kappa shape index (κ1) is 12.1. The highest BCUT2D eigenvalue weighted by Gasteiger charge is 2.26. The molecule has 1 atom stereocenters. The average Bonchev–Trinajstić information content (AvgIpc) is 2.83. The van der Waals surface area contributed by atoms with Gasteiger partial charge in [-0.1, -0.05) is 29.5 Å². The number of carbonyl (C=O) groups excluding carboxylic acids is 1. The molecule has 1 aliphatic rings. The van der Waals surface area contributed by atoms with E-state index in [0.717, 1.165) is 29.2 Å². The van der Waals surface area contributed by atoms with Crippen molar-refractivity contribution < 1.29 is 4.79 Å². The van der Waals surface area contributed by atoms with E-state index in [-0.39, 0.29) is 11.8 Å². The Morgan fingerprint density at radius 2 is 2.26 bits per heavy atom. The Bertz CT molecular complexity index is 610. The van der Waals surface area contributed by atoms with Gasteiger partial charge in [0.15, 0.2) is 0 Å². The lowest BCUT2D eigenvalue weighted by atomic mass is 9.90. The molecular weight excluding hydrogens is 260 g/mol. The molecule has 1 aliphatic heterocycles. The minimum Gasteiger partial charge on any atom is -0.385 e. The monoisotopic (exact) mass is 274 g/mol. The minimum atomic E-state index is -0.123. The largest absolute Gasteiger partial charge is 0.385 e. The molecule has 6 heteroatoms. The Morgan fingerprint density at radius 3 is 3.05 bits per heavy atom. The van der Waals surface area contributed by atoms with Crippen molar-refractivity contribution in [3.63, 3.8) is 0 Å². The molecule has 2 N–H and O–H groups in total. The maximum absolute atomic E-state index is 12.3. The molecule has 0 radical (unpaired) electrons. The van der Waals surface area contributed by atoms with Crippen LogP contribution in [0.25, 0.3) is 0 Å². The highest BCUT2D eigenvalue weighted by molar-refractivity contribution is 7.15. The van der Waals surface area contributed by atoms with Gasteiger partial charge < -0.3 is 5.32 Å². The van der Waals surface area contributed by atoms with Crippen LogP contribution in [0.2, 0.25) is 0 Å². The third-order valence-electron chi connectivity index (χ3n) is 3.16. The third kappa shape index (κ3) is 2.44. The molecule has 1 unspecified atom stereocenters. The number of anilines is 2. The van der Waals surface area contributed by atoms with E-state index in [1.54, 1.807) is 0 Å². The zero-order valence-corrected chi connectivity index (χ0v) is 11.3. The van der Waals surface area contributed by atoms with E-state index < -0.39 is 0 Å². The SMILES string of the molecule is Cc1nnc(NC(=O)C2CCNc3ccccc32)s1. The highest BCUT2D eigenvalue weighted by Crippen LogP contribution is 2.32. The van der Waals surface area contributed by atoms with Crippen LogP contribution in [-0.4, -0.2) is 22.6 Å². The molecule has 0 spiro atoms. The number of aryl methyl sites for hydroxylation is 1. The summed E-state index contributed by atoms with van der Waals surface area (Å²) in [5, 5.41) is 15.4. The lowest BCUT2D eigenvalue weighted by Gasteiger charge is -2.25. The number of rotatable bonds is 2. The Balaban J connectivity index is 1.81. The van der Waals surface area contributed by atoms with Crippen molar-refractivity contribution in [1.29, 1.82) is 0 Å². The molecule has 0 fully saturated rings.